The van der Waals surface area contributed by atoms with Crippen LogP contribution in [0.25, 0.3) is 0 Å². The molecule has 1 aromatic heterocycles. The van der Waals surface area contributed by atoms with Crippen molar-refractivity contribution in [3.63, 3.8) is 0 Å². The number of carbonyl (C=O) groups is 1. The molecular weight excluding hydrogens is 242 g/mol. The van der Waals surface area contributed by atoms with Crippen LogP contribution in [0.4, 0.5) is 0 Å². The van der Waals surface area contributed by atoms with Crippen LogP contribution in [0.2, 0.25) is 0 Å². The van der Waals surface area contributed by atoms with E-state index in [1.807, 2.05) is 32.0 Å². The molecule has 1 unspecified atom stereocenters. The van der Waals surface area contributed by atoms with Crippen LogP contribution in [-0.4, -0.2) is 13.0 Å². The highest BCUT2D eigenvalue weighted by Crippen LogP contribution is 2.26. The van der Waals surface area contributed by atoms with Crippen LogP contribution in [0.5, 0.6) is 5.75 Å². The van der Waals surface area contributed by atoms with Gasteiger partial charge in [-0.25, -0.2) is 0 Å². The molecule has 2 aromatic rings. The van der Waals surface area contributed by atoms with E-state index in [1.54, 1.807) is 19.2 Å². The molecule has 0 radical (unpaired) electrons. The molecule has 0 aliphatic rings. The van der Waals surface area contributed by atoms with Crippen molar-refractivity contribution in [2.75, 3.05) is 7.11 Å². The summed E-state index contributed by atoms with van der Waals surface area (Å²) in [6, 6.07) is 9.05. The van der Waals surface area contributed by atoms with Crippen LogP contribution in [0.3, 0.4) is 0 Å². The van der Waals surface area contributed by atoms with Gasteiger partial charge in [0.05, 0.1) is 19.4 Å². The van der Waals surface area contributed by atoms with Crippen LogP contribution in [-0.2, 0) is 0 Å². The number of ether oxygens (including phenoxy) is 1. The zero-order valence-corrected chi connectivity index (χ0v) is 11.3. The van der Waals surface area contributed by atoms with Gasteiger partial charge in [-0.2, -0.15) is 0 Å². The Balaban J connectivity index is 2.18. The van der Waals surface area contributed by atoms with Crippen molar-refractivity contribution in [3.05, 3.63) is 53.5 Å². The Morgan fingerprint density at radius 2 is 2.16 bits per heavy atom. The molecule has 1 N–H and O–H groups in total. The average Bonchev–Trinajstić information content (AvgIpc) is 2.92. The number of amides is 1. The van der Waals surface area contributed by atoms with Crippen LogP contribution in [0.1, 0.15) is 34.6 Å². The van der Waals surface area contributed by atoms with Crippen molar-refractivity contribution in [1.29, 1.82) is 0 Å². The third kappa shape index (κ3) is 2.96. The fourth-order valence-corrected chi connectivity index (χ4v) is 1.95. The van der Waals surface area contributed by atoms with Crippen LogP contribution in [0, 0.1) is 6.92 Å². The molecule has 0 aliphatic heterocycles. The third-order valence-corrected chi connectivity index (χ3v) is 2.94. The number of rotatable bonds is 4. The first kappa shape index (κ1) is 13.2. The number of hydrogen-bond donors (Lipinski definition) is 1. The summed E-state index contributed by atoms with van der Waals surface area (Å²) in [7, 11) is 1.62. The highest BCUT2D eigenvalue weighted by Gasteiger charge is 2.16. The lowest BCUT2D eigenvalue weighted by molar-refractivity contribution is 0.0911. The van der Waals surface area contributed by atoms with Gasteiger partial charge in [-0.1, -0.05) is 17.7 Å². The molecule has 1 amide bonds. The van der Waals surface area contributed by atoms with Gasteiger partial charge in [-0.15, -0.1) is 0 Å². The molecule has 100 valence electrons. The first-order valence-corrected chi connectivity index (χ1v) is 6.10. The minimum Gasteiger partial charge on any atom is -0.496 e. The van der Waals surface area contributed by atoms with Gasteiger partial charge >= 0.3 is 0 Å². The van der Waals surface area contributed by atoms with E-state index in [-0.39, 0.29) is 11.9 Å². The Morgan fingerprint density at radius 1 is 1.37 bits per heavy atom. The van der Waals surface area contributed by atoms with Crippen molar-refractivity contribution in [1.82, 2.24) is 5.32 Å². The first-order valence-electron chi connectivity index (χ1n) is 6.10. The maximum absolute atomic E-state index is 11.9. The third-order valence-electron chi connectivity index (χ3n) is 2.94. The Hall–Kier alpha value is -2.23. The Labute approximate surface area is 112 Å². The fraction of sp³-hybridized carbons (Fsp3) is 0.267. The summed E-state index contributed by atoms with van der Waals surface area (Å²) in [6.07, 6.45) is 1.48. The van der Waals surface area contributed by atoms with Crippen molar-refractivity contribution < 1.29 is 13.9 Å². The van der Waals surface area contributed by atoms with Crippen molar-refractivity contribution in [3.8, 4) is 5.75 Å². The fourth-order valence-electron chi connectivity index (χ4n) is 1.95. The normalized spacial score (nSPS) is 11.9. The topological polar surface area (TPSA) is 51.5 Å². The summed E-state index contributed by atoms with van der Waals surface area (Å²) in [5.41, 5.74) is 2.07. The van der Waals surface area contributed by atoms with E-state index >= 15 is 0 Å². The van der Waals surface area contributed by atoms with E-state index in [0.29, 0.717) is 5.76 Å². The number of benzene rings is 1. The van der Waals surface area contributed by atoms with Gasteiger partial charge in [0.2, 0.25) is 0 Å². The molecule has 0 saturated carbocycles. The number of carbonyl (C=O) groups excluding carboxylic acids is 1. The number of aryl methyl sites for hydroxylation is 1. The maximum atomic E-state index is 11.9. The van der Waals surface area contributed by atoms with Crippen molar-refractivity contribution in [2.45, 2.75) is 19.9 Å². The summed E-state index contributed by atoms with van der Waals surface area (Å²) in [4.78, 5) is 11.9. The Bertz CT molecular complexity index is 561. The minimum absolute atomic E-state index is 0.160. The standard InChI is InChI=1S/C15H17NO3/c1-10-6-7-13(18-3)12(9-10)11(2)16-15(17)14-5-4-8-19-14/h4-9,11H,1-3H3,(H,16,17). The highest BCUT2D eigenvalue weighted by molar-refractivity contribution is 5.91. The van der Waals surface area contributed by atoms with E-state index in [9.17, 15) is 4.79 Å². The maximum Gasteiger partial charge on any atom is 0.287 e. The van der Waals surface area contributed by atoms with Gasteiger partial charge in [0, 0.05) is 5.56 Å². The largest absolute Gasteiger partial charge is 0.496 e. The highest BCUT2D eigenvalue weighted by atomic mass is 16.5. The number of methoxy groups -OCH3 is 1. The van der Waals surface area contributed by atoms with E-state index in [4.69, 9.17) is 9.15 Å². The molecule has 0 saturated heterocycles. The van der Waals surface area contributed by atoms with E-state index in [0.717, 1.165) is 16.9 Å². The molecule has 1 heterocycles. The van der Waals surface area contributed by atoms with Gasteiger partial charge in [0.1, 0.15) is 5.75 Å². The number of hydrogen-bond acceptors (Lipinski definition) is 3. The lowest BCUT2D eigenvalue weighted by Gasteiger charge is -2.17. The lowest BCUT2D eigenvalue weighted by Crippen LogP contribution is -2.26. The summed E-state index contributed by atoms with van der Waals surface area (Å²) in [6.45, 7) is 3.92. The second kappa shape index (κ2) is 5.61. The molecular formula is C15H17NO3. The zero-order chi connectivity index (χ0) is 13.8. The zero-order valence-electron chi connectivity index (χ0n) is 11.3. The summed E-state index contributed by atoms with van der Waals surface area (Å²) >= 11 is 0. The molecule has 0 aliphatic carbocycles. The molecule has 1 atom stereocenters. The number of nitrogens with one attached hydrogen (secondary N) is 1. The summed E-state index contributed by atoms with van der Waals surface area (Å²) < 4.78 is 10.4. The van der Waals surface area contributed by atoms with Crippen LogP contribution < -0.4 is 10.1 Å². The van der Waals surface area contributed by atoms with Gasteiger partial charge in [0.15, 0.2) is 5.76 Å². The molecule has 2 rings (SSSR count). The molecule has 19 heavy (non-hydrogen) atoms. The SMILES string of the molecule is COc1ccc(C)cc1C(C)NC(=O)c1ccco1. The summed E-state index contributed by atoms with van der Waals surface area (Å²) in [5.74, 6) is 0.831. The molecule has 1 aromatic carbocycles. The molecule has 0 spiro atoms. The molecule has 4 heteroatoms. The molecule has 4 nitrogen and oxygen atoms in total. The van der Waals surface area contributed by atoms with E-state index < -0.39 is 0 Å². The smallest absolute Gasteiger partial charge is 0.287 e. The molecule has 0 bridgehead atoms. The van der Waals surface area contributed by atoms with Gasteiger partial charge in [-0.3, -0.25) is 4.79 Å². The van der Waals surface area contributed by atoms with Gasteiger partial charge < -0.3 is 14.5 Å². The van der Waals surface area contributed by atoms with E-state index in [2.05, 4.69) is 5.32 Å². The monoisotopic (exact) mass is 259 g/mol. The predicted octanol–water partition coefficient (Wildman–Crippen LogP) is 3.09. The van der Waals surface area contributed by atoms with Crippen molar-refractivity contribution in [2.24, 2.45) is 0 Å². The number of furan rings is 1. The predicted molar refractivity (Wildman–Crippen MR) is 72.3 cm³/mol. The van der Waals surface area contributed by atoms with Crippen LogP contribution in [0.15, 0.2) is 41.0 Å². The Kier molecular flexibility index (Phi) is 3.90. The molecule has 0 fully saturated rings. The lowest BCUT2D eigenvalue weighted by atomic mass is 10.0. The summed E-state index contributed by atoms with van der Waals surface area (Å²) in [5, 5.41) is 2.89. The van der Waals surface area contributed by atoms with Crippen molar-refractivity contribution >= 4 is 5.91 Å². The second-order valence-corrected chi connectivity index (χ2v) is 4.42. The van der Waals surface area contributed by atoms with Crippen LogP contribution >= 0.6 is 0 Å². The van der Waals surface area contributed by atoms with Gasteiger partial charge in [-0.05, 0) is 32.0 Å². The van der Waals surface area contributed by atoms with E-state index in [1.165, 1.54) is 6.26 Å². The average molecular weight is 259 g/mol. The quantitative estimate of drug-likeness (QED) is 0.918. The van der Waals surface area contributed by atoms with Gasteiger partial charge in [0.25, 0.3) is 5.91 Å². The minimum atomic E-state index is -0.235. The Morgan fingerprint density at radius 3 is 2.79 bits per heavy atom. The second-order valence-electron chi connectivity index (χ2n) is 4.42. The first-order chi connectivity index (χ1) is 9.11.